The average molecular weight is 603 g/mol. The van der Waals surface area contributed by atoms with Gasteiger partial charge in [-0.1, -0.05) is 30.3 Å². The number of carbonyl (C=O) groups excluding carboxylic acids is 2. The topological polar surface area (TPSA) is 147 Å². The van der Waals surface area contributed by atoms with Gasteiger partial charge in [-0.05, 0) is 42.9 Å². The molecule has 0 unspecified atom stereocenters. The number of aromatic amines is 2. The monoisotopic (exact) mass is 602 g/mol. The molecule has 2 aliphatic rings. The van der Waals surface area contributed by atoms with Crippen LogP contribution in [0.4, 0.5) is 17.2 Å². The molecule has 2 aliphatic heterocycles. The van der Waals surface area contributed by atoms with Crippen molar-refractivity contribution in [3.05, 3.63) is 94.9 Å². The standard InChI is InChI=1S/C30H34N8O4S/c1-36-14-16-37(17-15-36)22-9-10-23(27(18-22)32-30(40)26-8-5-12-31-26)29(39)33-28-24-19-38(13-11-25(24)34-35-28)43(41,42)20-21-6-3-2-4-7-21/h2-10,12,18,31H,11,13-17,19-20H2,1H3,(H,32,40)(H2,33,34,35,39). The smallest absolute Gasteiger partial charge is 0.272 e. The average Bonchev–Trinajstić information content (AvgIpc) is 3.69. The van der Waals surface area contributed by atoms with Crippen molar-refractivity contribution in [3.63, 3.8) is 0 Å². The van der Waals surface area contributed by atoms with E-state index in [0.717, 1.165) is 37.6 Å². The highest BCUT2D eigenvalue weighted by atomic mass is 32.2. The molecule has 12 nitrogen and oxygen atoms in total. The van der Waals surface area contributed by atoms with Gasteiger partial charge in [0.25, 0.3) is 11.8 Å². The molecule has 4 aromatic rings. The number of piperazine rings is 1. The van der Waals surface area contributed by atoms with Crippen LogP contribution < -0.4 is 15.5 Å². The van der Waals surface area contributed by atoms with E-state index in [1.165, 1.54) is 4.31 Å². The van der Waals surface area contributed by atoms with Crippen LogP contribution in [0.2, 0.25) is 0 Å². The molecule has 43 heavy (non-hydrogen) atoms. The van der Waals surface area contributed by atoms with Crippen molar-refractivity contribution < 1.29 is 18.0 Å². The van der Waals surface area contributed by atoms with Crippen LogP contribution in [0.3, 0.4) is 0 Å². The number of carbonyl (C=O) groups is 2. The first-order valence-corrected chi connectivity index (χ1v) is 15.8. The van der Waals surface area contributed by atoms with E-state index in [-0.39, 0.29) is 29.6 Å². The van der Waals surface area contributed by atoms with Gasteiger partial charge in [0.15, 0.2) is 5.82 Å². The molecule has 1 fully saturated rings. The van der Waals surface area contributed by atoms with Crippen molar-refractivity contribution in [1.29, 1.82) is 0 Å². The van der Waals surface area contributed by atoms with E-state index >= 15 is 0 Å². The summed E-state index contributed by atoms with van der Waals surface area (Å²) in [6.07, 6.45) is 2.11. The fraction of sp³-hybridized carbons (Fsp3) is 0.300. The number of aromatic nitrogens is 3. The minimum absolute atomic E-state index is 0.0926. The molecular formula is C30H34N8O4S. The maximum absolute atomic E-state index is 13.7. The van der Waals surface area contributed by atoms with Gasteiger partial charge in [-0.3, -0.25) is 14.7 Å². The lowest BCUT2D eigenvalue weighted by molar-refractivity contribution is 0.102. The Morgan fingerprint density at radius 3 is 2.47 bits per heavy atom. The number of nitrogens with zero attached hydrogens (tertiary/aromatic N) is 4. The van der Waals surface area contributed by atoms with Crippen LogP contribution in [0.25, 0.3) is 0 Å². The molecule has 4 N–H and O–H groups in total. The Bertz CT molecular complexity index is 1710. The Hall–Kier alpha value is -4.46. The van der Waals surface area contributed by atoms with E-state index < -0.39 is 15.9 Å². The van der Waals surface area contributed by atoms with Crippen LogP contribution in [-0.2, 0) is 28.7 Å². The molecular weight excluding hydrogens is 568 g/mol. The van der Waals surface area contributed by atoms with Crippen LogP contribution in [0.15, 0.2) is 66.9 Å². The highest BCUT2D eigenvalue weighted by Crippen LogP contribution is 2.29. The highest BCUT2D eigenvalue weighted by molar-refractivity contribution is 7.88. The van der Waals surface area contributed by atoms with Crippen LogP contribution in [0, 0.1) is 0 Å². The minimum Gasteiger partial charge on any atom is -0.369 e. The zero-order valence-corrected chi connectivity index (χ0v) is 24.7. The highest BCUT2D eigenvalue weighted by Gasteiger charge is 2.31. The molecule has 0 radical (unpaired) electrons. The molecule has 0 bridgehead atoms. The van der Waals surface area contributed by atoms with Crippen molar-refractivity contribution >= 4 is 39.0 Å². The van der Waals surface area contributed by atoms with Crippen molar-refractivity contribution in [3.8, 4) is 0 Å². The van der Waals surface area contributed by atoms with Gasteiger partial charge < -0.3 is 25.4 Å². The SMILES string of the molecule is CN1CCN(c2ccc(C(=O)Nc3n[nH]c4c3CN(S(=O)(=O)Cc3ccccc3)CC4)c(NC(=O)c3ccc[nH]3)c2)CC1. The predicted molar refractivity (Wildman–Crippen MR) is 165 cm³/mol. The lowest BCUT2D eigenvalue weighted by Crippen LogP contribution is -2.44. The molecule has 224 valence electrons. The first kappa shape index (κ1) is 28.6. The molecule has 0 spiro atoms. The summed E-state index contributed by atoms with van der Waals surface area (Å²) in [5.41, 5.74) is 4.03. The molecule has 2 amide bonds. The maximum atomic E-state index is 13.7. The molecule has 6 rings (SSSR count). The molecule has 13 heteroatoms. The molecule has 1 saturated heterocycles. The summed E-state index contributed by atoms with van der Waals surface area (Å²) in [6, 6.07) is 17.8. The van der Waals surface area contributed by atoms with Gasteiger partial charge in [0, 0.05) is 68.8 Å². The van der Waals surface area contributed by atoms with Gasteiger partial charge >= 0.3 is 0 Å². The van der Waals surface area contributed by atoms with Crippen molar-refractivity contribution in [2.45, 2.75) is 18.7 Å². The number of amides is 2. The van der Waals surface area contributed by atoms with Crippen molar-refractivity contribution in [2.24, 2.45) is 0 Å². The Morgan fingerprint density at radius 1 is 0.930 bits per heavy atom. The first-order valence-electron chi connectivity index (χ1n) is 14.2. The lowest BCUT2D eigenvalue weighted by Gasteiger charge is -2.34. The summed E-state index contributed by atoms with van der Waals surface area (Å²) in [5.74, 6) is -0.674. The lowest BCUT2D eigenvalue weighted by atomic mass is 10.1. The van der Waals surface area contributed by atoms with Gasteiger partial charge in [-0.15, -0.1) is 0 Å². The normalized spacial score (nSPS) is 16.1. The van der Waals surface area contributed by atoms with E-state index in [1.54, 1.807) is 36.5 Å². The fourth-order valence-electron chi connectivity index (χ4n) is 5.42. The van der Waals surface area contributed by atoms with Crippen molar-refractivity contribution in [1.82, 2.24) is 24.4 Å². The second kappa shape index (κ2) is 12.0. The second-order valence-electron chi connectivity index (χ2n) is 10.9. The summed E-state index contributed by atoms with van der Waals surface area (Å²) in [5, 5.41) is 13.0. The van der Waals surface area contributed by atoms with Crippen LogP contribution in [0.1, 0.15) is 37.7 Å². The molecule has 4 heterocycles. The Balaban J connectivity index is 1.23. The first-order chi connectivity index (χ1) is 20.8. The maximum Gasteiger partial charge on any atom is 0.272 e. The molecule has 0 aliphatic carbocycles. The Morgan fingerprint density at radius 2 is 1.72 bits per heavy atom. The summed E-state index contributed by atoms with van der Waals surface area (Å²) < 4.78 is 27.9. The summed E-state index contributed by atoms with van der Waals surface area (Å²) in [7, 11) is -1.51. The number of rotatable bonds is 8. The summed E-state index contributed by atoms with van der Waals surface area (Å²) in [6.45, 7) is 3.89. The quantitative estimate of drug-likeness (QED) is 0.243. The zero-order chi connectivity index (χ0) is 30.0. The molecule has 0 atom stereocenters. The number of hydrogen-bond donors (Lipinski definition) is 4. The van der Waals surface area contributed by atoms with Gasteiger partial charge in [0.1, 0.15) is 5.69 Å². The predicted octanol–water partition coefficient (Wildman–Crippen LogP) is 2.88. The third-order valence-corrected chi connectivity index (χ3v) is 9.72. The summed E-state index contributed by atoms with van der Waals surface area (Å²) >= 11 is 0. The number of likely N-dealkylation sites (N-methyl/N-ethyl adjacent to an activating group) is 1. The fourth-order valence-corrected chi connectivity index (χ4v) is 6.91. The van der Waals surface area contributed by atoms with Gasteiger partial charge in [-0.25, -0.2) is 8.42 Å². The molecule has 2 aromatic carbocycles. The van der Waals surface area contributed by atoms with E-state index in [4.69, 9.17) is 0 Å². The van der Waals surface area contributed by atoms with Crippen LogP contribution >= 0.6 is 0 Å². The van der Waals surface area contributed by atoms with Crippen molar-refractivity contribution in [2.75, 3.05) is 55.3 Å². The Kier molecular flexibility index (Phi) is 8.02. The number of hydrogen-bond acceptors (Lipinski definition) is 7. The number of sulfonamides is 1. The number of H-pyrrole nitrogens is 2. The van der Waals surface area contributed by atoms with E-state index in [1.807, 2.05) is 30.3 Å². The van der Waals surface area contributed by atoms with E-state index in [0.29, 0.717) is 35.5 Å². The number of fused-ring (bicyclic) bond motifs is 1. The van der Waals surface area contributed by atoms with Gasteiger partial charge in [0.05, 0.1) is 17.0 Å². The van der Waals surface area contributed by atoms with Gasteiger partial charge in [0.2, 0.25) is 10.0 Å². The third-order valence-electron chi connectivity index (χ3n) is 7.92. The number of anilines is 3. The third kappa shape index (κ3) is 6.33. The largest absolute Gasteiger partial charge is 0.369 e. The van der Waals surface area contributed by atoms with Gasteiger partial charge in [-0.2, -0.15) is 9.40 Å². The number of benzene rings is 2. The molecule has 2 aromatic heterocycles. The van der Waals surface area contributed by atoms with E-state index in [2.05, 4.69) is 42.7 Å². The van der Waals surface area contributed by atoms with Crippen LogP contribution in [0.5, 0.6) is 0 Å². The summed E-state index contributed by atoms with van der Waals surface area (Å²) in [4.78, 5) is 34.0. The number of nitrogens with one attached hydrogen (secondary N) is 4. The Labute approximate surface area is 250 Å². The van der Waals surface area contributed by atoms with Crippen LogP contribution in [-0.4, -0.2) is 84.4 Å². The van der Waals surface area contributed by atoms with E-state index in [9.17, 15) is 18.0 Å². The minimum atomic E-state index is -3.59. The second-order valence-corrected chi connectivity index (χ2v) is 12.8. The zero-order valence-electron chi connectivity index (χ0n) is 23.8. The molecule has 0 saturated carbocycles.